The van der Waals surface area contributed by atoms with Crippen LogP contribution in [-0.4, -0.2) is 95.9 Å². The molecule has 0 aliphatic rings. The third-order valence-electron chi connectivity index (χ3n) is 20.9. The molecular weight excluding hydrogens is 1580 g/mol. The van der Waals surface area contributed by atoms with Crippen LogP contribution in [0.4, 0.5) is 0 Å². The Hall–Kier alpha value is -5.09. The summed E-state index contributed by atoms with van der Waals surface area (Å²) in [5.74, 6) is -1.58. The molecule has 123 heavy (non-hydrogen) atoms. The largest absolute Gasteiger partial charge is 0.472 e. The van der Waals surface area contributed by atoms with Gasteiger partial charge in [-0.3, -0.25) is 32.5 Å². The van der Waals surface area contributed by atoms with Crippen molar-refractivity contribution in [3.05, 3.63) is 170 Å². The Morgan fingerprint density at radius 3 is 0.683 bits per heavy atom. The molecule has 18 heteroatoms. The molecule has 0 radical (unpaired) electrons. The zero-order valence-electron chi connectivity index (χ0n) is 78.1. The first-order valence-corrected chi connectivity index (χ1v) is 52.4. The van der Waals surface area contributed by atoms with E-state index in [1.54, 1.807) is 0 Å². The summed E-state index contributed by atoms with van der Waals surface area (Å²) in [4.78, 5) is 59.2. The molecule has 5 atom stereocenters. The van der Waals surface area contributed by atoms with Crippen LogP contribution >= 0.6 is 15.6 Å². The molecule has 0 heterocycles. The predicted molar refractivity (Wildman–Crippen MR) is 519 cm³/mol. The molecule has 706 valence electrons. The summed E-state index contributed by atoms with van der Waals surface area (Å²) in [5.41, 5.74) is 0. The Kier molecular flexibility index (Phi) is 92.0. The number of phosphoric ester groups is 2. The minimum absolute atomic E-state index is 0.0898. The number of hydrogen-bond acceptors (Lipinski definition) is 14. The van der Waals surface area contributed by atoms with E-state index >= 15 is 0 Å². The van der Waals surface area contributed by atoms with E-state index in [0.717, 1.165) is 173 Å². The highest BCUT2D eigenvalue weighted by Crippen LogP contribution is 2.45. The van der Waals surface area contributed by atoms with Crippen molar-refractivity contribution >= 4 is 33.6 Å². The average Bonchev–Trinajstić information content (AvgIpc) is 0.897. The lowest BCUT2D eigenvalue weighted by Gasteiger charge is -2.21. The first-order chi connectivity index (χ1) is 60.2. The SMILES string of the molecule is CC/C=C\C/C=C\C/C=C\C/C=C\C/C=C\C/C=C\CCCCCCCCCCC(=O)OC(COC(=O)CCCCCCCCCCCCCCC/C=C\C/C=C\C/C=C\C/C=C\CCCCC)COP(=O)(O)OCC(O)COP(=O)(O)OCC(O)COC(=O)CCCCCCCCCCCCCCCCC/C=C\C/C=C\C/C=C\C/C=C\CCCCC. The fraction of sp³-hybridized carbons (Fsp3) is 0.705. The van der Waals surface area contributed by atoms with E-state index < -0.39 is 91.5 Å². The molecular formula is C105H180O16P2. The molecule has 0 aromatic carbocycles. The number of ether oxygens (including phenoxy) is 3. The summed E-state index contributed by atoms with van der Waals surface area (Å²) in [6, 6.07) is 0. The number of carbonyl (C=O) groups is 3. The number of esters is 3. The molecule has 4 N–H and O–H groups in total. The van der Waals surface area contributed by atoms with Gasteiger partial charge in [0, 0.05) is 19.3 Å². The van der Waals surface area contributed by atoms with Crippen molar-refractivity contribution in [2.45, 2.75) is 437 Å². The lowest BCUT2D eigenvalue weighted by molar-refractivity contribution is -0.161. The first-order valence-electron chi connectivity index (χ1n) is 49.4. The zero-order chi connectivity index (χ0) is 89.3. The number of hydrogen-bond donors (Lipinski definition) is 4. The van der Waals surface area contributed by atoms with E-state index in [9.17, 15) is 43.5 Å². The van der Waals surface area contributed by atoms with Gasteiger partial charge in [0.25, 0.3) is 0 Å². The number of allylic oxidation sites excluding steroid dienone is 28. The van der Waals surface area contributed by atoms with Crippen molar-refractivity contribution in [3.8, 4) is 0 Å². The van der Waals surface area contributed by atoms with Crippen LogP contribution in [0.15, 0.2) is 170 Å². The molecule has 0 aromatic rings. The molecule has 0 aromatic heterocycles. The summed E-state index contributed by atoms with van der Waals surface area (Å²) < 4.78 is 61.6. The van der Waals surface area contributed by atoms with Gasteiger partial charge in [-0.2, -0.15) is 0 Å². The second-order valence-corrected chi connectivity index (χ2v) is 35.7. The van der Waals surface area contributed by atoms with Crippen LogP contribution in [0.1, 0.15) is 419 Å². The minimum Gasteiger partial charge on any atom is -0.463 e. The van der Waals surface area contributed by atoms with E-state index in [4.69, 9.17) is 32.3 Å². The second kappa shape index (κ2) is 96.0. The molecule has 0 fully saturated rings. The summed E-state index contributed by atoms with van der Waals surface area (Å²) in [6.07, 6.45) is 125. The number of phosphoric acid groups is 2. The Labute approximate surface area is 752 Å². The Morgan fingerprint density at radius 2 is 0.431 bits per heavy atom. The average molecular weight is 1760 g/mol. The minimum atomic E-state index is -4.95. The fourth-order valence-electron chi connectivity index (χ4n) is 13.4. The summed E-state index contributed by atoms with van der Waals surface area (Å²) in [6.45, 7) is 2.56. The number of unbranched alkanes of at least 4 members (excludes halogenated alkanes) is 42. The smallest absolute Gasteiger partial charge is 0.463 e. The van der Waals surface area contributed by atoms with Gasteiger partial charge < -0.3 is 34.2 Å². The van der Waals surface area contributed by atoms with Crippen LogP contribution in [0.3, 0.4) is 0 Å². The number of rotatable bonds is 93. The highest BCUT2D eigenvalue weighted by Gasteiger charge is 2.30. The molecule has 0 saturated heterocycles. The van der Waals surface area contributed by atoms with Gasteiger partial charge in [0.1, 0.15) is 25.4 Å². The van der Waals surface area contributed by atoms with Crippen molar-refractivity contribution in [1.29, 1.82) is 0 Å². The second-order valence-electron chi connectivity index (χ2n) is 32.8. The van der Waals surface area contributed by atoms with E-state index in [1.165, 1.54) is 186 Å². The molecule has 0 aliphatic heterocycles. The highest BCUT2D eigenvalue weighted by atomic mass is 31.2. The van der Waals surface area contributed by atoms with Crippen molar-refractivity contribution in [2.75, 3.05) is 39.6 Å². The Balaban J connectivity index is 4.64. The van der Waals surface area contributed by atoms with Gasteiger partial charge >= 0.3 is 33.6 Å². The molecule has 0 rings (SSSR count). The topological polar surface area (TPSA) is 231 Å². The fourth-order valence-corrected chi connectivity index (χ4v) is 15.0. The van der Waals surface area contributed by atoms with Crippen LogP contribution < -0.4 is 0 Å². The zero-order valence-corrected chi connectivity index (χ0v) is 79.9. The summed E-state index contributed by atoms with van der Waals surface area (Å²) in [7, 11) is -9.82. The van der Waals surface area contributed by atoms with E-state index in [1.807, 2.05) is 0 Å². The maximum absolute atomic E-state index is 13.1. The van der Waals surface area contributed by atoms with Gasteiger partial charge in [0.05, 0.1) is 26.4 Å². The quantitative estimate of drug-likeness (QED) is 0.0146. The normalized spacial score (nSPS) is 14.4. The van der Waals surface area contributed by atoms with Crippen molar-refractivity contribution < 1.29 is 75.8 Å². The molecule has 5 unspecified atom stereocenters. The highest BCUT2D eigenvalue weighted by molar-refractivity contribution is 7.47. The van der Waals surface area contributed by atoms with Crippen LogP contribution in [-0.2, 0) is 55.8 Å². The van der Waals surface area contributed by atoms with Gasteiger partial charge in [0.2, 0.25) is 0 Å². The van der Waals surface area contributed by atoms with Crippen LogP contribution in [0, 0.1) is 0 Å². The number of carbonyl (C=O) groups excluding carboxylic acids is 3. The Morgan fingerprint density at radius 1 is 0.236 bits per heavy atom. The maximum Gasteiger partial charge on any atom is 0.472 e. The van der Waals surface area contributed by atoms with Crippen LogP contribution in [0.5, 0.6) is 0 Å². The van der Waals surface area contributed by atoms with E-state index in [-0.39, 0.29) is 19.3 Å². The molecule has 0 spiro atoms. The van der Waals surface area contributed by atoms with Crippen LogP contribution in [0.25, 0.3) is 0 Å². The molecule has 16 nitrogen and oxygen atoms in total. The van der Waals surface area contributed by atoms with Gasteiger partial charge in [-0.1, -0.05) is 409 Å². The van der Waals surface area contributed by atoms with Gasteiger partial charge in [-0.25, -0.2) is 9.13 Å². The lowest BCUT2D eigenvalue weighted by Crippen LogP contribution is -2.30. The molecule has 0 saturated carbocycles. The monoisotopic (exact) mass is 1760 g/mol. The van der Waals surface area contributed by atoms with Crippen molar-refractivity contribution in [2.24, 2.45) is 0 Å². The maximum atomic E-state index is 13.1. The molecule has 0 amide bonds. The number of aliphatic hydroxyl groups excluding tert-OH is 2. The predicted octanol–water partition coefficient (Wildman–Crippen LogP) is 31.0. The lowest BCUT2D eigenvalue weighted by atomic mass is 10.0. The first kappa shape index (κ1) is 118. The van der Waals surface area contributed by atoms with Crippen LogP contribution in [0.2, 0.25) is 0 Å². The third-order valence-corrected chi connectivity index (χ3v) is 22.8. The molecule has 0 aliphatic carbocycles. The van der Waals surface area contributed by atoms with Crippen molar-refractivity contribution in [3.63, 3.8) is 0 Å². The van der Waals surface area contributed by atoms with Gasteiger partial charge in [0.15, 0.2) is 6.10 Å². The van der Waals surface area contributed by atoms with Gasteiger partial charge in [-0.05, 0) is 161 Å². The van der Waals surface area contributed by atoms with E-state index in [2.05, 4.69) is 191 Å². The summed E-state index contributed by atoms with van der Waals surface area (Å²) in [5, 5.41) is 20.8. The van der Waals surface area contributed by atoms with E-state index in [0.29, 0.717) is 19.3 Å². The molecule has 0 bridgehead atoms. The number of aliphatic hydroxyl groups is 2. The van der Waals surface area contributed by atoms with Gasteiger partial charge in [-0.15, -0.1) is 0 Å². The third kappa shape index (κ3) is 97.4. The standard InChI is InChI=1S/C105H180O16P2/c1-4-7-10-13-16-19-22-25-28-31-34-37-40-43-46-48-49-51-54-55-58-61-64-67-70-73-76-79-82-85-88-91-103(108)115-94-100(106)95-117-122(111,112)118-96-101(107)97-119-123(113,114)120-99-102(121-105(110)93-90-87-84-81-78-75-72-69-66-63-60-57-52-45-42-39-36-33-30-27-24-21-18-15-12-9-6-3)98-116-104(109)92-89-86-83-80-77-74-71-68-65-62-59-56-53-50-47-44-41-38-35-32-29-26-23-20-17-14-11-8-5-2/h9,12,16-21,25-30,34-39,43-47,52,60,63,100-102,106-107H,4-8,10-11,13-15,22-24,31-33,40-42,48-51,53-59,61-62,64-99H2,1-3H3,(H,111,112)(H,113,114)/b12-9-,19-16-,20-17-,21-18-,28-25-,29-26-,30-27-,37-34-,38-35-,39-36-,46-43-,47-44-,52-45-,63-60-. The summed E-state index contributed by atoms with van der Waals surface area (Å²) >= 11 is 0. The Bertz CT molecular complexity index is 2920. The van der Waals surface area contributed by atoms with Crippen molar-refractivity contribution in [1.82, 2.24) is 0 Å².